The van der Waals surface area contributed by atoms with Crippen LogP contribution in [0.25, 0.3) is 0 Å². The van der Waals surface area contributed by atoms with E-state index in [-0.39, 0.29) is 25.1 Å². The van der Waals surface area contributed by atoms with E-state index >= 15 is 0 Å². The predicted molar refractivity (Wildman–Crippen MR) is 71.6 cm³/mol. The molecule has 0 aliphatic carbocycles. The van der Waals surface area contributed by atoms with Gasteiger partial charge in [0.2, 0.25) is 5.88 Å². The Balaban J connectivity index is 1.86. The number of anilines is 1. The molecular formula is C13H15F3N4O2. The number of nitrogens with zero attached hydrogens (tertiary/aromatic N) is 3. The van der Waals surface area contributed by atoms with Crippen molar-refractivity contribution < 1.29 is 22.4 Å². The molecule has 0 radical (unpaired) electrons. The fraction of sp³-hybridized carbons (Fsp3) is 0.462. The normalized spacial score (nSPS) is 11.7. The highest BCUT2D eigenvalue weighted by Crippen LogP contribution is 2.34. The van der Waals surface area contributed by atoms with E-state index in [2.05, 4.69) is 20.4 Å². The van der Waals surface area contributed by atoms with Crippen LogP contribution in [0.3, 0.4) is 0 Å². The van der Waals surface area contributed by atoms with Crippen LogP contribution in [0.4, 0.5) is 19.2 Å². The Bertz CT molecular complexity index is 613. The highest BCUT2D eigenvalue weighted by Gasteiger charge is 2.34. The van der Waals surface area contributed by atoms with Gasteiger partial charge < -0.3 is 14.6 Å². The third kappa shape index (κ3) is 4.09. The molecule has 2 heterocycles. The zero-order valence-electron chi connectivity index (χ0n) is 12.0. The molecule has 0 saturated heterocycles. The highest BCUT2D eigenvalue weighted by molar-refractivity contribution is 5.28. The average Bonchev–Trinajstić information content (AvgIpc) is 2.92. The van der Waals surface area contributed by atoms with Crippen molar-refractivity contribution in [1.82, 2.24) is 15.1 Å². The summed E-state index contributed by atoms with van der Waals surface area (Å²) in [4.78, 5) is 7.67. The van der Waals surface area contributed by atoms with Gasteiger partial charge in [-0.15, -0.1) is 0 Å². The fourth-order valence-corrected chi connectivity index (χ4v) is 1.57. The Hall–Kier alpha value is -2.32. The van der Waals surface area contributed by atoms with Crippen molar-refractivity contribution in [2.45, 2.75) is 25.9 Å². The van der Waals surface area contributed by atoms with E-state index < -0.39 is 17.6 Å². The van der Waals surface area contributed by atoms with Crippen molar-refractivity contribution in [3.8, 4) is 5.88 Å². The van der Waals surface area contributed by atoms with Crippen molar-refractivity contribution in [3.63, 3.8) is 0 Å². The first-order valence-corrected chi connectivity index (χ1v) is 6.60. The van der Waals surface area contributed by atoms with Crippen LogP contribution in [0.15, 0.2) is 22.9 Å². The summed E-state index contributed by atoms with van der Waals surface area (Å²) in [6, 6.07) is 2.33. The second kappa shape index (κ2) is 6.63. The molecule has 0 fully saturated rings. The lowest BCUT2D eigenvalue weighted by atomic mass is 10.2. The number of rotatable bonds is 6. The quantitative estimate of drug-likeness (QED) is 0.826. The van der Waals surface area contributed by atoms with E-state index in [0.717, 1.165) is 6.07 Å². The maximum absolute atomic E-state index is 12.7. The van der Waals surface area contributed by atoms with Crippen LogP contribution < -0.4 is 10.1 Å². The molecule has 0 spiro atoms. The number of hydrogen-bond donors (Lipinski definition) is 1. The average molecular weight is 316 g/mol. The maximum atomic E-state index is 12.7. The molecule has 0 saturated carbocycles. The van der Waals surface area contributed by atoms with Gasteiger partial charge in [0.1, 0.15) is 12.2 Å². The largest absolute Gasteiger partial charge is 0.475 e. The highest BCUT2D eigenvalue weighted by atomic mass is 19.4. The molecule has 9 heteroatoms. The summed E-state index contributed by atoms with van der Waals surface area (Å²) in [5, 5.41) is 6.52. The third-order valence-electron chi connectivity index (χ3n) is 2.65. The molecule has 0 aliphatic heterocycles. The summed E-state index contributed by atoms with van der Waals surface area (Å²) in [6.45, 7) is 4.00. The summed E-state index contributed by atoms with van der Waals surface area (Å²) in [5.41, 5.74) is -0.908. The van der Waals surface area contributed by atoms with E-state index in [0.29, 0.717) is 5.82 Å². The number of aromatic nitrogens is 3. The lowest BCUT2D eigenvalue weighted by Gasteiger charge is -2.12. The van der Waals surface area contributed by atoms with Crippen molar-refractivity contribution in [2.24, 2.45) is 0 Å². The molecule has 0 atom stereocenters. The van der Waals surface area contributed by atoms with Gasteiger partial charge >= 0.3 is 12.2 Å². The Morgan fingerprint density at radius 3 is 2.77 bits per heavy atom. The molecule has 0 aliphatic rings. The molecule has 120 valence electrons. The van der Waals surface area contributed by atoms with Crippen LogP contribution >= 0.6 is 0 Å². The molecule has 0 unspecified atom stereocenters. The number of halogens is 3. The second-order valence-corrected chi connectivity index (χ2v) is 4.74. The fourth-order valence-electron chi connectivity index (χ4n) is 1.57. The standard InChI is InChI=1S/C13H15F3N4O2/c1-8(2)10-19-12(22-20-10)18-6-7-21-11-9(13(14,15)16)4-3-5-17-11/h3-5,8H,6-7H2,1-2H3,(H,18,19,20). The SMILES string of the molecule is CC(C)c1noc(NCCOc2ncccc2C(F)(F)F)n1. The topological polar surface area (TPSA) is 73.1 Å². The van der Waals surface area contributed by atoms with Crippen molar-refractivity contribution >= 4 is 6.01 Å². The smallest absolute Gasteiger partial charge is 0.421 e. The lowest BCUT2D eigenvalue weighted by Crippen LogP contribution is -2.15. The van der Waals surface area contributed by atoms with Crippen molar-refractivity contribution in [2.75, 3.05) is 18.5 Å². The van der Waals surface area contributed by atoms with Crippen LogP contribution in [-0.2, 0) is 6.18 Å². The van der Waals surface area contributed by atoms with Crippen LogP contribution in [-0.4, -0.2) is 28.3 Å². The Morgan fingerprint density at radius 1 is 1.36 bits per heavy atom. The van der Waals surface area contributed by atoms with Crippen molar-refractivity contribution in [3.05, 3.63) is 29.7 Å². The number of ether oxygens (including phenoxy) is 1. The van der Waals surface area contributed by atoms with Crippen LogP contribution in [0, 0.1) is 0 Å². The van der Waals surface area contributed by atoms with Gasteiger partial charge in [-0.1, -0.05) is 19.0 Å². The second-order valence-electron chi connectivity index (χ2n) is 4.74. The minimum absolute atomic E-state index is 0.0283. The van der Waals surface area contributed by atoms with Crippen LogP contribution in [0.1, 0.15) is 31.2 Å². The first-order valence-electron chi connectivity index (χ1n) is 6.60. The van der Waals surface area contributed by atoms with Gasteiger partial charge in [-0.2, -0.15) is 18.2 Å². The predicted octanol–water partition coefficient (Wildman–Crippen LogP) is 3.10. The molecule has 1 N–H and O–H groups in total. The molecule has 0 bridgehead atoms. The van der Waals surface area contributed by atoms with Gasteiger partial charge in [0.05, 0.1) is 6.54 Å². The monoisotopic (exact) mass is 316 g/mol. The van der Waals surface area contributed by atoms with Crippen LogP contribution in [0.2, 0.25) is 0 Å². The maximum Gasteiger partial charge on any atom is 0.421 e. The molecule has 2 rings (SSSR count). The van der Waals surface area contributed by atoms with Gasteiger partial charge in [0.25, 0.3) is 0 Å². The molecule has 0 aromatic carbocycles. The number of nitrogens with one attached hydrogen (secondary N) is 1. The van der Waals surface area contributed by atoms with E-state index in [4.69, 9.17) is 9.26 Å². The first kappa shape index (κ1) is 16.1. The minimum Gasteiger partial charge on any atom is -0.475 e. The van der Waals surface area contributed by atoms with Gasteiger partial charge in [-0.25, -0.2) is 4.98 Å². The number of alkyl halides is 3. The van der Waals surface area contributed by atoms with E-state index in [1.54, 1.807) is 0 Å². The summed E-state index contributed by atoms with van der Waals surface area (Å²) in [6.07, 6.45) is -3.26. The molecule has 2 aromatic rings. The zero-order valence-corrected chi connectivity index (χ0v) is 12.0. The number of hydrogen-bond acceptors (Lipinski definition) is 6. The lowest BCUT2D eigenvalue weighted by molar-refractivity contribution is -0.139. The summed E-state index contributed by atoms with van der Waals surface area (Å²) >= 11 is 0. The van der Waals surface area contributed by atoms with Gasteiger partial charge in [-0.05, 0) is 12.1 Å². The molecular weight excluding hydrogens is 301 g/mol. The van der Waals surface area contributed by atoms with Crippen molar-refractivity contribution in [1.29, 1.82) is 0 Å². The molecule has 6 nitrogen and oxygen atoms in total. The van der Waals surface area contributed by atoms with E-state index in [1.165, 1.54) is 12.3 Å². The minimum atomic E-state index is -4.50. The summed E-state index contributed by atoms with van der Waals surface area (Å²) < 4.78 is 48.2. The molecule has 2 aromatic heterocycles. The van der Waals surface area contributed by atoms with E-state index in [9.17, 15) is 13.2 Å². The Labute approximate surface area is 124 Å². The zero-order chi connectivity index (χ0) is 16.2. The third-order valence-corrected chi connectivity index (χ3v) is 2.65. The Morgan fingerprint density at radius 2 is 2.14 bits per heavy atom. The molecule has 22 heavy (non-hydrogen) atoms. The molecule has 0 amide bonds. The van der Waals surface area contributed by atoms with Gasteiger partial charge in [0, 0.05) is 12.1 Å². The Kier molecular flexibility index (Phi) is 4.84. The summed E-state index contributed by atoms with van der Waals surface area (Å²) in [7, 11) is 0. The summed E-state index contributed by atoms with van der Waals surface area (Å²) in [5.74, 6) is 0.219. The van der Waals surface area contributed by atoms with Gasteiger partial charge in [-0.3, -0.25) is 0 Å². The number of pyridine rings is 1. The first-order chi connectivity index (χ1) is 10.4. The van der Waals surface area contributed by atoms with Crippen LogP contribution in [0.5, 0.6) is 5.88 Å². The van der Waals surface area contributed by atoms with E-state index in [1.807, 2.05) is 13.8 Å². The van der Waals surface area contributed by atoms with Gasteiger partial charge in [0.15, 0.2) is 5.82 Å².